The van der Waals surface area contributed by atoms with Crippen LogP contribution in [0.5, 0.6) is 0 Å². The van der Waals surface area contributed by atoms with Gasteiger partial charge in [0.1, 0.15) is 18.0 Å². The Hall–Kier alpha value is -1.64. The predicted molar refractivity (Wildman–Crippen MR) is 101 cm³/mol. The van der Waals surface area contributed by atoms with Gasteiger partial charge in [0.2, 0.25) is 5.91 Å². The average Bonchev–Trinajstić information content (AvgIpc) is 3.18. The molecule has 0 aromatic heterocycles. The van der Waals surface area contributed by atoms with Crippen molar-refractivity contribution in [2.24, 2.45) is 0 Å². The lowest BCUT2D eigenvalue weighted by Gasteiger charge is -2.29. The van der Waals surface area contributed by atoms with Crippen molar-refractivity contribution in [2.75, 3.05) is 32.6 Å². The average molecular weight is 396 g/mol. The van der Waals surface area contributed by atoms with E-state index in [1.54, 1.807) is 22.7 Å². The molecule has 8 heteroatoms. The summed E-state index contributed by atoms with van der Waals surface area (Å²) >= 11 is 1.60. The first-order chi connectivity index (χ1) is 13.1. The number of carbonyl (C=O) groups is 2. The second-order valence-electron chi connectivity index (χ2n) is 6.69. The van der Waals surface area contributed by atoms with Gasteiger partial charge in [0.15, 0.2) is 0 Å². The third-order valence-electron chi connectivity index (χ3n) is 4.83. The summed E-state index contributed by atoms with van der Waals surface area (Å²) in [6.07, 6.45) is 1.84. The molecule has 2 aliphatic heterocycles. The SMILES string of the molecule is CSCc1cc(F)ccc1CNC(=O)[C@@H]1CC[C@H](C(=O)N2CCOCC2)O1. The van der Waals surface area contributed by atoms with Crippen LogP contribution in [0.4, 0.5) is 4.39 Å². The number of thioether (sulfide) groups is 1. The molecule has 2 aliphatic rings. The number of morpholine rings is 1. The molecule has 2 saturated heterocycles. The molecular weight excluding hydrogens is 371 g/mol. The van der Waals surface area contributed by atoms with Gasteiger partial charge in [-0.3, -0.25) is 9.59 Å². The van der Waals surface area contributed by atoms with Crippen LogP contribution in [-0.2, 0) is 31.4 Å². The number of benzene rings is 1. The minimum absolute atomic E-state index is 0.0607. The molecule has 27 heavy (non-hydrogen) atoms. The molecular formula is C19H25FN2O4S. The van der Waals surface area contributed by atoms with E-state index in [0.717, 1.165) is 11.1 Å². The van der Waals surface area contributed by atoms with E-state index in [4.69, 9.17) is 9.47 Å². The molecule has 1 aromatic carbocycles. The molecule has 1 aromatic rings. The fourth-order valence-electron chi connectivity index (χ4n) is 3.35. The maximum atomic E-state index is 13.4. The van der Waals surface area contributed by atoms with E-state index in [0.29, 0.717) is 51.4 Å². The first-order valence-corrected chi connectivity index (χ1v) is 10.5. The largest absolute Gasteiger partial charge is 0.378 e. The fraction of sp³-hybridized carbons (Fsp3) is 0.579. The lowest BCUT2D eigenvalue weighted by atomic mass is 10.1. The molecule has 0 aliphatic carbocycles. The number of halogens is 1. The summed E-state index contributed by atoms with van der Waals surface area (Å²) in [5.74, 6) is 0.109. The fourth-order valence-corrected chi connectivity index (χ4v) is 3.93. The summed E-state index contributed by atoms with van der Waals surface area (Å²) in [6.45, 7) is 2.53. The van der Waals surface area contributed by atoms with Gasteiger partial charge in [-0.1, -0.05) is 6.07 Å². The molecule has 3 rings (SSSR count). The van der Waals surface area contributed by atoms with Crippen molar-refractivity contribution < 1.29 is 23.5 Å². The summed E-state index contributed by atoms with van der Waals surface area (Å²) in [6, 6.07) is 4.59. The maximum absolute atomic E-state index is 13.4. The summed E-state index contributed by atoms with van der Waals surface area (Å²) < 4.78 is 24.4. The van der Waals surface area contributed by atoms with Crippen LogP contribution in [0.15, 0.2) is 18.2 Å². The summed E-state index contributed by atoms with van der Waals surface area (Å²) in [5.41, 5.74) is 1.76. The smallest absolute Gasteiger partial charge is 0.251 e. The number of ether oxygens (including phenoxy) is 2. The zero-order chi connectivity index (χ0) is 19.2. The van der Waals surface area contributed by atoms with E-state index in [9.17, 15) is 14.0 Å². The number of hydrogen-bond donors (Lipinski definition) is 1. The highest BCUT2D eigenvalue weighted by atomic mass is 32.2. The predicted octanol–water partition coefficient (Wildman–Crippen LogP) is 1.71. The third kappa shape index (κ3) is 5.21. The molecule has 2 amide bonds. The Morgan fingerprint density at radius 3 is 2.70 bits per heavy atom. The molecule has 0 saturated carbocycles. The van der Waals surface area contributed by atoms with Crippen molar-refractivity contribution in [3.05, 3.63) is 35.1 Å². The van der Waals surface area contributed by atoms with Crippen molar-refractivity contribution in [3.63, 3.8) is 0 Å². The number of nitrogens with one attached hydrogen (secondary N) is 1. The van der Waals surface area contributed by atoms with E-state index in [1.807, 2.05) is 6.26 Å². The Morgan fingerprint density at radius 1 is 1.22 bits per heavy atom. The van der Waals surface area contributed by atoms with Crippen LogP contribution in [0.25, 0.3) is 0 Å². The van der Waals surface area contributed by atoms with E-state index in [2.05, 4.69) is 5.32 Å². The minimum atomic E-state index is -0.621. The van der Waals surface area contributed by atoms with Gasteiger partial charge in [-0.25, -0.2) is 4.39 Å². The van der Waals surface area contributed by atoms with Crippen LogP contribution >= 0.6 is 11.8 Å². The minimum Gasteiger partial charge on any atom is -0.378 e. The normalized spacial score (nSPS) is 22.7. The van der Waals surface area contributed by atoms with Gasteiger partial charge in [-0.2, -0.15) is 11.8 Å². The Morgan fingerprint density at radius 2 is 1.96 bits per heavy atom. The number of carbonyl (C=O) groups excluding carboxylic acids is 2. The zero-order valence-corrected chi connectivity index (χ0v) is 16.2. The molecule has 0 radical (unpaired) electrons. The monoisotopic (exact) mass is 396 g/mol. The van der Waals surface area contributed by atoms with Crippen molar-refractivity contribution in [1.29, 1.82) is 0 Å². The molecule has 0 bridgehead atoms. The van der Waals surface area contributed by atoms with Crippen LogP contribution in [-0.4, -0.2) is 61.5 Å². The van der Waals surface area contributed by atoms with Crippen LogP contribution < -0.4 is 5.32 Å². The molecule has 2 atom stereocenters. The Bertz CT molecular complexity index is 682. The number of amides is 2. The molecule has 0 unspecified atom stereocenters. The first kappa shape index (κ1) is 20.1. The van der Waals surface area contributed by atoms with Crippen LogP contribution in [0.1, 0.15) is 24.0 Å². The van der Waals surface area contributed by atoms with E-state index in [-0.39, 0.29) is 17.6 Å². The summed E-state index contributed by atoms with van der Waals surface area (Å²) in [5, 5.41) is 2.86. The van der Waals surface area contributed by atoms with Gasteiger partial charge in [0.25, 0.3) is 5.91 Å². The Labute approximate surface area is 162 Å². The van der Waals surface area contributed by atoms with Crippen molar-refractivity contribution in [1.82, 2.24) is 10.2 Å². The van der Waals surface area contributed by atoms with Crippen LogP contribution in [0.2, 0.25) is 0 Å². The quantitative estimate of drug-likeness (QED) is 0.793. The lowest BCUT2D eigenvalue weighted by molar-refractivity contribution is -0.149. The van der Waals surface area contributed by atoms with Gasteiger partial charge < -0.3 is 19.7 Å². The molecule has 0 spiro atoms. The number of nitrogens with zero attached hydrogens (tertiary/aromatic N) is 1. The Kier molecular flexibility index (Phi) is 7.09. The number of rotatable bonds is 6. The molecule has 1 N–H and O–H groups in total. The van der Waals surface area contributed by atoms with Crippen molar-refractivity contribution >= 4 is 23.6 Å². The Balaban J connectivity index is 1.51. The molecule has 148 valence electrons. The van der Waals surface area contributed by atoms with E-state index in [1.165, 1.54) is 12.1 Å². The van der Waals surface area contributed by atoms with Gasteiger partial charge in [0, 0.05) is 25.4 Å². The van der Waals surface area contributed by atoms with E-state index >= 15 is 0 Å². The third-order valence-corrected chi connectivity index (χ3v) is 5.43. The zero-order valence-electron chi connectivity index (χ0n) is 15.4. The highest BCUT2D eigenvalue weighted by Gasteiger charge is 2.37. The highest BCUT2D eigenvalue weighted by molar-refractivity contribution is 7.97. The maximum Gasteiger partial charge on any atom is 0.251 e. The van der Waals surface area contributed by atoms with Crippen molar-refractivity contribution in [3.8, 4) is 0 Å². The van der Waals surface area contributed by atoms with Crippen molar-refractivity contribution in [2.45, 2.75) is 37.3 Å². The lowest BCUT2D eigenvalue weighted by Crippen LogP contribution is -2.46. The number of hydrogen-bond acceptors (Lipinski definition) is 5. The molecule has 6 nitrogen and oxygen atoms in total. The van der Waals surface area contributed by atoms with Crippen LogP contribution in [0.3, 0.4) is 0 Å². The molecule has 2 fully saturated rings. The topological polar surface area (TPSA) is 67.9 Å². The van der Waals surface area contributed by atoms with Crippen LogP contribution in [0, 0.1) is 5.82 Å². The van der Waals surface area contributed by atoms with Gasteiger partial charge >= 0.3 is 0 Å². The van der Waals surface area contributed by atoms with Gasteiger partial charge in [0.05, 0.1) is 13.2 Å². The molecule has 2 heterocycles. The second-order valence-corrected chi connectivity index (χ2v) is 7.56. The standard InChI is InChI=1S/C19H25FN2O4S/c1-27-12-14-10-15(20)3-2-13(14)11-21-18(23)16-4-5-17(26-16)19(24)22-6-8-25-9-7-22/h2-3,10,16-17H,4-9,11-12H2,1H3,(H,21,23)/t16-,17+/m0/s1. The highest BCUT2D eigenvalue weighted by Crippen LogP contribution is 2.23. The summed E-state index contributed by atoms with van der Waals surface area (Å²) in [7, 11) is 0. The summed E-state index contributed by atoms with van der Waals surface area (Å²) in [4.78, 5) is 26.6. The van der Waals surface area contributed by atoms with Gasteiger partial charge in [-0.05, 0) is 42.4 Å². The second kappa shape index (κ2) is 9.52. The van der Waals surface area contributed by atoms with E-state index < -0.39 is 12.2 Å². The first-order valence-electron chi connectivity index (χ1n) is 9.14. The van der Waals surface area contributed by atoms with Gasteiger partial charge in [-0.15, -0.1) is 0 Å².